The highest BCUT2D eigenvalue weighted by atomic mass is 16.4. The normalized spacial score (nSPS) is 21.4. The Balaban J connectivity index is 1.25. The number of hydrogen-bond acceptors (Lipinski definition) is 9. The van der Waals surface area contributed by atoms with Gasteiger partial charge in [0.05, 0.1) is 12.5 Å². The van der Waals surface area contributed by atoms with Crippen LogP contribution in [-0.2, 0) is 52.8 Å². The number of nitrogens with zero attached hydrogens (tertiary/aromatic N) is 1. The van der Waals surface area contributed by atoms with Crippen LogP contribution in [-0.4, -0.2) is 107 Å². The van der Waals surface area contributed by atoms with Gasteiger partial charge in [-0.3, -0.25) is 33.8 Å². The molecule has 5 aromatic carbocycles. The van der Waals surface area contributed by atoms with Gasteiger partial charge in [0.25, 0.3) is 0 Å². The average Bonchev–Trinajstić information content (AvgIpc) is 3.77. The van der Waals surface area contributed by atoms with Crippen LogP contribution in [0.2, 0.25) is 0 Å². The van der Waals surface area contributed by atoms with E-state index in [0.29, 0.717) is 23.1 Å². The highest BCUT2D eigenvalue weighted by Crippen LogP contribution is 2.22. The summed E-state index contributed by atoms with van der Waals surface area (Å²) in [6.45, 7) is 0.197. The number of aromatic nitrogens is 1. The minimum absolute atomic E-state index is 0.0174. The molecule has 1 aliphatic rings. The second kappa shape index (κ2) is 24.5. The van der Waals surface area contributed by atoms with Crippen molar-refractivity contribution in [2.75, 3.05) is 13.1 Å². The zero-order chi connectivity index (χ0) is 51.1. The maximum atomic E-state index is 14.9. The van der Waals surface area contributed by atoms with Crippen molar-refractivity contribution in [3.05, 3.63) is 132 Å². The number of aromatic amines is 1. The lowest BCUT2D eigenvalue weighted by atomic mass is 9.99. The summed E-state index contributed by atoms with van der Waals surface area (Å²) in [5, 5.41) is 31.2. The average molecular weight is 980 g/mol. The summed E-state index contributed by atoms with van der Waals surface area (Å²) >= 11 is 0. The molecule has 0 bridgehead atoms. The van der Waals surface area contributed by atoms with Crippen LogP contribution in [0, 0.1) is 0 Å². The first-order valence-corrected chi connectivity index (χ1v) is 24.0. The largest absolute Gasteiger partial charge is 0.480 e. The van der Waals surface area contributed by atoms with E-state index in [4.69, 9.17) is 17.2 Å². The smallest absolute Gasteiger partial charge is 0.326 e. The fourth-order valence-electron chi connectivity index (χ4n) is 8.81. The molecule has 2 heterocycles. The number of benzene rings is 5. The van der Waals surface area contributed by atoms with Gasteiger partial charge in [0.2, 0.25) is 35.4 Å². The van der Waals surface area contributed by atoms with Gasteiger partial charge >= 0.3 is 5.97 Å². The van der Waals surface area contributed by atoms with Crippen molar-refractivity contribution < 1.29 is 38.7 Å². The Morgan fingerprint density at radius 2 is 1.14 bits per heavy atom. The number of nitrogens with one attached hydrogen (secondary N) is 7. The van der Waals surface area contributed by atoms with E-state index in [0.717, 1.165) is 32.4 Å². The predicted molar refractivity (Wildman–Crippen MR) is 274 cm³/mol. The molecule has 6 atom stereocenters. The second-order valence-corrected chi connectivity index (χ2v) is 18.1. The highest BCUT2D eigenvalue weighted by Gasteiger charge is 2.34. The molecular formula is C53H61N11O8. The number of aliphatic imine (C=N–C) groups is 1. The lowest BCUT2D eigenvalue weighted by Crippen LogP contribution is -2.60. The number of para-hydroxylation sites is 1. The Labute approximate surface area is 415 Å². The maximum absolute atomic E-state index is 14.9. The van der Waals surface area contributed by atoms with E-state index in [1.54, 1.807) is 6.20 Å². The molecule has 0 unspecified atom stereocenters. The molecule has 1 fully saturated rings. The molecule has 0 radical (unpaired) electrons. The number of fused-ring (bicyclic) bond motifs is 3. The van der Waals surface area contributed by atoms with Crippen molar-refractivity contribution >= 4 is 79.8 Å². The van der Waals surface area contributed by atoms with Crippen LogP contribution in [0.5, 0.6) is 0 Å². The quantitative estimate of drug-likeness (QED) is 0.0507. The van der Waals surface area contributed by atoms with Crippen LogP contribution >= 0.6 is 0 Å². The molecule has 1 aliphatic heterocycles. The number of H-pyrrole nitrogens is 1. The van der Waals surface area contributed by atoms with Gasteiger partial charge < -0.3 is 59.2 Å². The van der Waals surface area contributed by atoms with Crippen LogP contribution in [0.1, 0.15) is 55.2 Å². The molecule has 19 nitrogen and oxygen atoms in total. The molecule has 376 valence electrons. The number of aliphatic carboxylic acids is 1. The Morgan fingerprint density at radius 3 is 1.75 bits per heavy atom. The summed E-state index contributed by atoms with van der Waals surface area (Å²) in [5.74, 6) is -5.92. The molecule has 1 aromatic heterocycles. The minimum Gasteiger partial charge on any atom is -0.480 e. The molecule has 1 saturated heterocycles. The number of nitrogens with two attached hydrogens (primary N) is 3. The van der Waals surface area contributed by atoms with E-state index in [1.807, 2.05) is 109 Å². The Morgan fingerprint density at radius 1 is 0.611 bits per heavy atom. The van der Waals surface area contributed by atoms with Crippen molar-refractivity contribution in [2.24, 2.45) is 22.2 Å². The molecule has 6 amide bonds. The Kier molecular flexibility index (Phi) is 17.5. The first-order chi connectivity index (χ1) is 34.7. The first kappa shape index (κ1) is 51.5. The third-order valence-electron chi connectivity index (χ3n) is 12.7. The van der Waals surface area contributed by atoms with Crippen LogP contribution in [0.15, 0.2) is 120 Å². The van der Waals surface area contributed by atoms with E-state index in [1.165, 1.54) is 0 Å². The number of hydrogen-bond donors (Lipinski definition) is 11. The molecule has 0 saturated carbocycles. The Bertz CT molecular complexity index is 2970. The van der Waals surface area contributed by atoms with Crippen molar-refractivity contribution in [1.82, 2.24) is 36.9 Å². The molecule has 6 aromatic rings. The van der Waals surface area contributed by atoms with E-state index in [9.17, 15) is 38.7 Å². The van der Waals surface area contributed by atoms with Gasteiger partial charge in [-0.2, -0.15) is 0 Å². The third-order valence-corrected chi connectivity index (χ3v) is 12.7. The summed E-state index contributed by atoms with van der Waals surface area (Å²) in [5.41, 5.74) is 20.3. The predicted octanol–water partition coefficient (Wildman–Crippen LogP) is 2.08. The summed E-state index contributed by atoms with van der Waals surface area (Å²) in [6.07, 6.45) is 1.85. The van der Waals surface area contributed by atoms with E-state index in [-0.39, 0.29) is 64.0 Å². The number of rotatable bonds is 11. The molecule has 14 N–H and O–H groups in total. The number of carboxylic acids is 1. The van der Waals surface area contributed by atoms with Crippen LogP contribution < -0.4 is 49.1 Å². The lowest BCUT2D eigenvalue weighted by molar-refractivity contribution is -0.142. The van der Waals surface area contributed by atoms with Crippen LogP contribution in [0.25, 0.3) is 32.4 Å². The number of guanidine groups is 1. The summed E-state index contributed by atoms with van der Waals surface area (Å²) in [6, 6.07) is 25.7. The van der Waals surface area contributed by atoms with Crippen molar-refractivity contribution in [3.8, 4) is 0 Å². The molecule has 72 heavy (non-hydrogen) atoms. The number of carboxylic acid groups (broad SMARTS) is 1. The topological polar surface area (TPSA) is 318 Å². The molecule has 19 heteroatoms. The summed E-state index contributed by atoms with van der Waals surface area (Å²) in [4.78, 5) is 105. The summed E-state index contributed by atoms with van der Waals surface area (Å²) < 4.78 is 0. The molecule has 0 spiro atoms. The number of amides is 6. The zero-order valence-electron chi connectivity index (χ0n) is 39.7. The van der Waals surface area contributed by atoms with E-state index >= 15 is 0 Å². The maximum Gasteiger partial charge on any atom is 0.326 e. The van der Waals surface area contributed by atoms with Gasteiger partial charge in [-0.15, -0.1) is 0 Å². The monoisotopic (exact) mass is 979 g/mol. The third kappa shape index (κ3) is 14.2. The van der Waals surface area contributed by atoms with Gasteiger partial charge in [0.15, 0.2) is 5.96 Å². The number of carbonyl (C=O) groups is 7. The lowest BCUT2D eigenvalue weighted by Gasteiger charge is -2.27. The van der Waals surface area contributed by atoms with Gasteiger partial charge in [-0.25, -0.2) is 4.79 Å². The molecule has 0 aliphatic carbocycles. The Hall–Kier alpha value is -8.32. The molecule has 7 rings (SSSR count). The van der Waals surface area contributed by atoms with Gasteiger partial charge in [0.1, 0.15) is 30.2 Å². The van der Waals surface area contributed by atoms with E-state index < -0.39 is 84.1 Å². The van der Waals surface area contributed by atoms with Gasteiger partial charge in [0, 0.05) is 49.5 Å². The fourth-order valence-corrected chi connectivity index (χ4v) is 8.81. The summed E-state index contributed by atoms with van der Waals surface area (Å²) in [7, 11) is 0. The highest BCUT2D eigenvalue weighted by molar-refractivity contribution is 5.98. The SMILES string of the molecule is NC(N)=NCCC[C@@H]1NC(=O)[C@@H](Cc2ccc3ccccc3c2)NC(=O)[C@H](Cc2c[nH]c3ccccc23)NC(=O)[C@@H](N)CC(=O)NCCCC[C@@H](C(=O)O)NC(=O)[C@H](Cc2ccc3ccccc3c2)NC1=O. The molecular weight excluding hydrogens is 919 g/mol. The van der Waals surface area contributed by atoms with Gasteiger partial charge in [-0.05, 0) is 76.4 Å². The van der Waals surface area contributed by atoms with E-state index in [2.05, 4.69) is 41.9 Å². The van der Waals surface area contributed by atoms with Crippen LogP contribution in [0.3, 0.4) is 0 Å². The first-order valence-electron chi connectivity index (χ1n) is 24.0. The van der Waals surface area contributed by atoms with Crippen molar-refractivity contribution in [2.45, 2.75) is 94.0 Å². The van der Waals surface area contributed by atoms with Gasteiger partial charge in [-0.1, -0.05) is 103 Å². The van der Waals surface area contributed by atoms with Crippen LogP contribution in [0.4, 0.5) is 0 Å². The zero-order valence-corrected chi connectivity index (χ0v) is 39.7. The second-order valence-electron chi connectivity index (χ2n) is 18.1. The minimum atomic E-state index is -1.38. The van der Waals surface area contributed by atoms with Crippen molar-refractivity contribution in [3.63, 3.8) is 0 Å². The standard InChI is InChI=1S/C53H61N11O8/c54-39-29-46(65)57-22-8-7-16-42(52(71)72)61-50(69)44(27-32-19-21-34-11-2-4-13-36(34)25-32)63-48(67)41(17-9-23-58-53(55)56)60-49(68)43(26-31-18-20-33-10-1-3-12-35(33)24-31)64-51(70)45(62-47(39)66)28-37-30-59-40-15-6-5-14-38(37)40/h1-6,10-15,18-21,24-25,30,39,41-45,59H,7-9,16-17,22-23,26-29,54H2,(H,57,65)(H,60,68)(H,61,69)(H,62,66)(H,63,67)(H,64,70)(H,71,72)(H4,55,56,58)/t39-,41-,42-,43+,44-,45-/m0/s1. The fraction of sp³-hybridized carbons (Fsp3) is 0.321. The van der Waals surface area contributed by atoms with Crippen molar-refractivity contribution in [1.29, 1.82) is 0 Å². The number of carbonyl (C=O) groups excluding carboxylic acids is 6.